The molecule has 1 aromatic rings. The van der Waals surface area contributed by atoms with E-state index in [1.165, 1.54) is 0 Å². The van der Waals surface area contributed by atoms with E-state index < -0.39 is 10.0 Å². The molecule has 21 heavy (non-hydrogen) atoms. The second-order valence-electron chi connectivity index (χ2n) is 5.67. The number of nitrogens with one attached hydrogen (secondary N) is 1. The number of sulfonamides is 1. The van der Waals surface area contributed by atoms with Crippen molar-refractivity contribution in [3.63, 3.8) is 0 Å². The number of rotatable bonds is 4. The molecule has 3 rings (SSSR count). The molecule has 0 aromatic heterocycles. The van der Waals surface area contributed by atoms with Gasteiger partial charge in [0.25, 0.3) is 0 Å². The summed E-state index contributed by atoms with van der Waals surface area (Å²) in [4.78, 5) is 0.357. The number of piperidine rings is 1. The van der Waals surface area contributed by atoms with E-state index in [9.17, 15) is 8.42 Å². The summed E-state index contributed by atoms with van der Waals surface area (Å²) in [6, 6.07) is 7.22. The molecule has 2 fully saturated rings. The maximum Gasteiger partial charge on any atom is 0.243 e. The molecule has 116 valence electrons. The summed E-state index contributed by atoms with van der Waals surface area (Å²) in [5, 5.41) is 3.45. The molecule has 6 heteroatoms. The molecule has 0 aliphatic carbocycles. The predicted octanol–water partition coefficient (Wildman–Crippen LogP) is 1.46. The van der Waals surface area contributed by atoms with Crippen LogP contribution in [0.2, 0.25) is 0 Å². The molecule has 5 nitrogen and oxygen atoms in total. The van der Waals surface area contributed by atoms with Crippen LogP contribution in [0.25, 0.3) is 0 Å². The van der Waals surface area contributed by atoms with Crippen LogP contribution in [-0.2, 0) is 10.0 Å². The summed E-state index contributed by atoms with van der Waals surface area (Å²) in [6.07, 6.45) is 1.97. The van der Waals surface area contributed by atoms with Crippen molar-refractivity contribution in [2.75, 3.05) is 26.2 Å². The first kappa shape index (κ1) is 14.8. The largest absolute Gasteiger partial charge is 0.494 e. The first-order valence-electron chi connectivity index (χ1n) is 7.57. The number of benzene rings is 1. The van der Waals surface area contributed by atoms with Crippen molar-refractivity contribution < 1.29 is 13.2 Å². The van der Waals surface area contributed by atoms with Gasteiger partial charge in [0.05, 0.1) is 11.5 Å². The molecule has 0 bridgehead atoms. The number of fused-ring (bicyclic) bond motifs is 1. The van der Waals surface area contributed by atoms with Crippen LogP contribution in [0.3, 0.4) is 0 Å². The molecule has 0 spiro atoms. The van der Waals surface area contributed by atoms with E-state index in [1.54, 1.807) is 28.6 Å². The molecule has 2 heterocycles. The minimum Gasteiger partial charge on any atom is -0.494 e. The lowest BCUT2D eigenvalue weighted by molar-refractivity contribution is 0.247. The highest BCUT2D eigenvalue weighted by molar-refractivity contribution is 7.89. The van der Waals surface area contributed by atoms with Gasteiger partial charge < -0.3 is 10.1 Å². The van der Waals surface area contributed by atoms with E-state index in [0.29, 0.717) is 42.3 Å². The molecular formula is C15H22N2O3S. The fourth-order valence-corrected chi connectivity index (χ4v) is 4.77. The van der Waals surface area contributed by atoms with E-state index in [-0.39, 0.29) is 0 Å². The highest BCUT2D eigenvalue weighted by Gasteiger charge is 2.37. The molecule has 2 atom stereocenters. The zero-order chi connectivity index (χ0) is 14.9. The Morgan fingerprint density at radius 2 is 2.05 bits per heavy atom. The third-order valence-electron chi connectivity index (χ3n) is 4.39. The predicted molar refractivity (Wildman–Crippen MR) is 80.9 cm³/mol. The quantitative estimate of drug-likeness (QED) is 0.915. The molecule has 1 N–H and O–H groups in total. The molecular weight excluding hydrogens is 288 g/mol. The normalized spacial score (nSPS) is 26.5. The summed E-state index contributed by atoms with van der Waals surface area (Å²) in [5.74, 6) is 1.16. The monoisotopic (exact) mass is 310 g/mol. The van der Waals surface area contributed by atoms with Crippen LogP contribution in [0.15, 0.2) is 29.2 Å². The molecule has 2 saturated heterocycles. The van der Waals surface area contributed by atoms with E-state index in [4.69, 9.17) is 4.74 Å². The zero-order valence-electron chi connectivity index (χ0n) is 12.3. The fourth-order valence-electron chi connectivity index (χ4n) is 3.26. The van der Waals surface area contributed by atoms with Crippen LogP contribution in [0.5, 0.6) is 5.75 Å². The van der Waals surface area contributed by atoms with Crippen LogP contribution >= 0.6 is 0 Å². The maximum atomic E-state index is 12.7. The highest BCUT2D eigenvalue weighted by atomic mass is 32.2. The number of ether oxygens (including phenoxy) is 1. The Kier molecular flexibility index (Phi) is 4.19. The van der Waals surface area contributed by atoms with Gasteiger partial charge in [0.2, 0.25) is 10.0 Å². The zero-order valence-corrected chi connectivity index (χ0v) is 13.1. The van der Waals surface area contributed by atoms with Gasteiger partial charge in [-0.15, -0.1) is 0 Å². The van der Waals surface area contributed by atoms with Gasteiger partial charge in [0.1, 0.15) is 5.75 Å². The minimum atomic E-state index is -3.38. The van der Waals surface area contributed by atoms with Gasteiger partial charge >= 0.3 is 0 Å². The highest BCUT2D eigenvalue weighted by Crippen LogP contribution is 2.29. The van der Waals surface area contributed by atoms with Gasteiger partial charge in [-0.3, -0.25) is 0 Å². The van der Waals surface area contributed by atoms with Crippen molar-refractivity contribution in [1.29, 1.82) is 0 Å². The maximum absolute atomic E-state index is 12.7. The second-order valence-corrected chi connectivity index (χ2v) is 7.60. The van der Waals surface area contributed by atoms with Crippen molar-refractivity contribution >= 4 is 10.0 Å². The lowest BCUT2D eigenvalue weighted by Crippen LogP contribution is -2.46. The lowest BCUT2D eigenvalue weighted by Gasteiger charge is -2.34. The van der Waals surface area contributed by atoms with Crippen LogP contribution in [0.4, 0.5) is 0 Å². The van der Waals surface area contributed by atoms with Gasteiger partial charge in [0.15, 0.2) is 0 Å². The smallest absolute Gasteiger partial charge is 0.243 e. The average Bonchev–Trinajstić information content (AvgIpc) is 2.95. The van der Waals surface area contributed by atoms with Crippen molar-refractivity contribution in [3.05, 3.63) is 24.3 Å². The molecule has 0 amide bonds. The topological polar surface area (TPSA) is 58.6 Å². The summed E-state index contributed by atoms with van der Waals surface area (Å²) < 4.78 is 32.4. The van der Waals surface area contributed by atoms with Crippen molar-refractivity contribution in [3.8, 4) is 5.75 Å². The summed E-state index contributed by atoms with van der Waals surface area (Å²) >= 11 is 0. The minimum absolute atomic E-state index is 0.357. The Bertz CT molecular complexity index is 585. The Morgan fingerprint density at radius 3 is 2.76 bits per heavy atom. The number of hydrogen-bond acceptors (Lipinski definition) is 4. The summed E-state index contributed by atoms with van der Waals surface area (Å²) in [6.45, 7) is 4.72. The Morgan fingerprint density at radius 1 is 1.29 bits per heavy atom. The van der Waals surface area contributed by atoms with Gasteiger partial charge in [-0.05, 0) is 56.5 Å². The van der Waals surface area contributed by atoms with Crippen LogP contribution in [0, 0.1) is 5.92 Å². The van der Waals surface area contributed by atoms with Crippen LogP contribution in [-0.4, -0.2) is 45.0 Å². The Balaban J connectivity index is 1.76. The average molecular weight is 310 g/mol. The van der Waals surface area contributed by atoms with Crippen molar-refractivity contribution in [1.82, 2.24) is 9.62 Å². The summed E-state index contributed by atoms with van der Waals surface area (Å²) in [7, 11) is -3.38. The molecule has 0 radical (unpaired) electrons. The third-order valence-corrected chi connectivity index (χ3v) is 6.27. The molecule has 2 aliphatic rings. The molecule has 0 saturated carbocycles. The summed E-state index contributed by atoms with van der Waals surface area (Å²) in [5.41, 5.74) is 0. The second kappa shape index (κ2) is 5.94. The van der Waals surface area contributed by atoms with Gasteiger partial charge in [0, 0.05) is 19.1 Å². The SMILES string of the molecule is CCOc1ccc(S(=O)(=O)N2CCC3NCCC3C2)cc1. The van der Waals surface area contributed by atoms with E-state index >= 15 is 0 Å². The van der Waals surface area contributed by atoms with E-state index in [1.807, 2.05) is 6.92 Å². The molecule has 2 unspecified atom stereocenters. The lowest BCUT2D eigenvalue weighted by atomic mass is 9.95. The molecule has 2 aliphatic heterocycles. The van der Waals surface area contributed by atoms with Gasteiger partial charge in [-0.1, -0.05) is 0 Å². The standard InChI is InChI=1S/C15H22N2O3S/c1-2-20-13-3-5-14(6-4-13)21(18,19)17-10-8-15-12(11-17)7-9-16-15/h3-6,12,15-16H,2,7-11H2,1H3. The fraction of sp³-hybridized carbons (Fsp3) is 0.600. The third kappa shape index (κ3) is 2.93. The van der Waals surface area contributed by atoms with E-state index in [0.717, 1.165) is 19.4 Å². The Labute approximate surface area is 126 Å². The Hall–Kier alpha value is -1.11. The number of nitrogens with zero attached hydrogens (tertiary/aromatic N) is 1. The number of hydrogen-bond donors (Lipinski definition) is 1. The van der Waals surface area contributed by atoms with Crippen molar-refractivity contribution in [2.24, 2.45) is 5.92 Å². The first-order chi connectivity index (χ1) is 10.1. The van der Waals surface area contributed by atoms with Crippen LogP contribution < -0.4 is 10.1 Å². The van der Waals surface area contributed by atoms with Gasteiger partial charge in [-0.2, -0.15) is 4.31 Å². The molecule has 1 aromatic carbocycles. The van der Waals surface area contributed by atoms with E-state index in [2.05, 4.69) is 5.32 Å². The first-order valence-corrected chi connectivity index (χ1v) is 9.01. The van der Waals surface area contributed by atoms with Crippen LogP contribution in [0.1, 0.15) is 19.8 Å². The van der Waals surface area contributed by atoms with Gasteiger partial charge in [-0.25, -0.2) is 8.42 Å². The van der Waals surface area contributed by atoms with Crippen molar-refractivity contribution in [2.45, 2.75) is 30.7 Å².